The third kappa shape index (κ3) is 13.5. The molecule has 15 atom stereocenters. The van der Waals surface area contributed by atoms with Crippen LogP contribution in [0.2, 0.25) is 0 Å². The monoisotopic (exact) mass is 1680 g/mol. The highest BCUT2D eigenvalue weighted by Gasteiger charge is 2.64. The van der Waals surface area contributed by atoms with Gasteiger partial charge in [-0.25, -0.2) is 0 Å². The first-order valence-corrected chi connectivity index (χ1v) is 45.0. The van der Waals surface area contributed by atoms with Crippen molar-refractivity contribution in [2.45, 2.75) is 269 Å². The minimum Gasteiger partial charge on any atom is -0.366 e. The summed E-state index contributed by atoms with van der Waals surface area (Å²) in [4.78, 5) is 51.8. The topological polar surface area (TPSA) is 357 Å². The number of carbonyl (C=O) groups excluding carboxylic acids is 3. The standard InChI is InChI=1S/C21H32N4O3.C19H26N4O3.C17H22N4O2.C17H25N3O3.C17H23N3O2/c1-13-16-8-7-15-17(19(26)22-14(2)24(4)5)25(6)23-18(15)20(16,3)9-10-21(13)27-11-12-28-21;1-11-14-6-5-13-15(17-20-12(2)22-26-17)23(4)21-16(13)18(14,3)7-8-19(11)24-9-10-25-19;1-9-12-6-5-11-14(16-18-10(2)20-23-16)21(4)19-15(11)17(12,3)8-7-13(9)22;1-10-12-5-4-11-13(15(18)21)20(3)19-14(11)16(12,2)6-7-17(10)22-8-9-23-17;1-11-13-5-4-12-14(10-18)20(3)19-15(12)16(13,2)6-7-17(11)21-8-9-22-17/h13,16H,7-12H2,1-6H3;11,14H,5-10H2,1-4H3;9,12H,5-8H2,1-4H3;10,12H,4-9H2,1-3H3,(H2,18,21);11,13H,4-9H2,1-3H3/t13-,16-,20-;11-,14-,18-;9-,12-,17-;10-,12-,16-;11-,13-,16-/m00000/s1. The summed E-state index contributed by atoms with van der Waals surface area (Å²) in [6.45, 7) is 33.8. The van der Waals surface area contributed by atoms with Crippen molar-refractivity contribution in [1.29, 1.82) is 5.26 Å². The van der Waals surface area contributed by atoms with Crippen LogP contribution in [0.4, 0.5) is 0 Å². The second-order valence-corrected chi connectivity index (χ2v) is 39.4. The normalized spacial score (nSPS) is 33.0. The number of Topliss-reactive ketones (excluding diaryl/α,β-unsaturated/α-hetero) is 1. The lowest BCUT2D eigenvalue weighted by Crippen LogP contribution is -2.55. The van der Waals surface area contributed by atoms with Crippen molar-refractivity contribution in [2.24, 2.45) is 105 Å². The molecule has 9 fully saturated rings. The molecule has 21 rings (SSSR count). The number of rotatable bonds is 4. The SMILES string of the molecule is CC(=NC(=O)c1c2c(nn1C)[C@@]1(C)CCC3(OCCO3)[C@@H](C)[C@@H]1CC2)N(C)C.C[C@H]1[C@@H]2CCc3c(nn(C)c3C#N)[C@@]2(C)CCC12OCCO2.C[C@H]1[C@@H]2CCc3c(nn(C)c3C(N)=O)[C@@]2(C)CCC12OCCO2.Cc1noc(-c2c3c(nn2C)[C@@]2(C)CCC(=O)[C@@H](C)[C@@H]2CC3)n1.Cc1noc(-c2c3c(nn2C)[C@@]2(C)CCC4(OCCO4)[C@@H](C)[C@@H]2CC3)n1. The second-order valence-electron chi connectivity index (χ2n) is 39.4. The zero-order chi connectivity index (χ0) is 86.7. The van der Waals surface area contributed by atoms with Crippen LogP contribution in [0.5, 0.6) is 0 Å². The quantitative estimate of drug-likeness (QED) is 0.126. The molecule has 7 aromatic heterocycles. The predicted molar refractivity (Wildman–Crippen MR) is 448 cm³/mol. The van der Waals surface area contributed by atoms with E-state index in [1.165, 1.54) is 22.4 Å². The summed E-state index contributed by atoms with van der Waals surface area (Å²) >= 11 is 0. The summed E-state index contributed by atoms with van der Waals surface area (Å²) in [6, 6.07) is 2.33. The average Bonchev–Trinajstić information content (AvgIpc) is 1.69. The number of nitrogens with two attached hydrogens (primary N) is 1. The van der Waals surface area contributed by atoms with E-state index < -0.39 is 11.6 Å². The third-order valence-corrected chi connectivity index (χ3v) is 33.2. The number of hydrogen-bond donors (Lipinski definition) is 1. The number of carbonyl (C=O) groups is 3. The Kier molecular flexibility index (Phi) is 22.1. The lowest BCUT2D eigenvalue weighted by Gasteiger charge is -2.53. The number of ketones is 1. The molecular formula is C91H128N18O13. The van der Waals surface area contributed by atoms with Gasteiger partial charge in [0.15, 0.2) is 34.8 Å². The number of aliphatic imine (C=N–C) groups is 1. The van der Waals surface area contributed by atoms with E-state index in [-0.39, 0.29) is 56.4 Å². The van der Waals surface area contributed by atoms with Gasteiger partial charge in [0.05, 0.1) is 81.3 Å². The van der Waals surface area contributed by atoms with E-state index in [4.69, 9.17) is 78.2 Å². The Morgan fingerprint density at radius 1 is 0.443 bits per heavy atom. The molecule has 0 bridgehead atoms. The van der Waals surface area contributed by atoms with Gasteiger partial charge in [-0.1, -0.05) is 79.6 Å². The van der Waals surface area contributed by atoms with Gasteiger partial charge in [0.25, 0.3) is 23.6 Å². The van der Waals surface area contributed by atoms with Gasteiger partial charge in [-0.15, -0.1) is 0 Å². The maximum absolute atomic E-state index is 12.9. The molecular weight excluding hydrogens is 1550 g/mol. The Bertz CT molecular complexity index is 5260. The number of ether oxygens (including phenoxy) is 8. The van der Waals surface area contributed by atoms with Crippen molar-refractivity contribution in [3.05, 3.63) is 85.0 Å². The highest BCUT2D eigenvalue weighted by atomic mass is 16.8. The number of nitrogens with zero attached hydrogens (tertiary/aromatic N) is 17. The van der Waals surface area contributed by atoms with Gasteiger partial charge in [-0.3, -0.25) is 37.8 Å². The Hall–Kier alpha value is -8.22. The molecule has 10 aliphatic carbocycles. The third-order valence-electron chi connectivity index (χ3n) is 33.2. The minimum absolute atomic E-state index is 0.0264. The van der Waals surface area contributed by atoms with Gasteiger partial charge >= 0.3 is 0 Å². The summed E-state index contributed by atoms with van der Waals surface area (Å²) in [7, 11) is 13.2. The van der Waals surface area contributed by atoms with E-state index in [2.05, 4.69) is 101 Å². The summed E-state index contributed by atoms with van der Waals surface area (Å²) in [5.41, 5.74) is 20.7. The number of primary amides is 1. The van der Waals surface area contributed by atoms with Crippen LogP contribution in [-0.4, -0.2) is 188 Å². The molecule has 31 nitrogen and oxygen atoms in total. The Balaban J connectivity index is 0.000000109. The van der Waals surface area contributed by atoms with Crippen LogP contribution < -0.4 is 5.73 Å². The van der Waals surface area contributed by atoms with Crippen LogP contribution in [0.25, 0.3) is 23.2 Å². The number of hydrogen-bond acceptors (Lipinski definition) is 23. The highest BCUT2D eigenvalue weighted by molar-refractivity contribution is 6.02. The fourth-order valence-electron chi connectivity index (χ4n) is 26.4. The van der Waals surface area contributed by atoms with Crippen molar-refractivity contribution in [3.8, 4) is 29.2 Å². The van der Waals surface area contributed by atoms with E-state index in [0.29, 0.717) is 159 Å². The van der Waals surface area contributed by atoms with Crippen LogP contribution in [0.3, 0.4) is 0 Å². The molecule has 0 aromatic carbocycles. The lowest BCUT2D eigenvalue weighted by molar-refractivity contribution is -0.234. The van der Waals surface area contributed by atoms with Crippen molar-refractivity contribution in [2.75, 3.05) is 67.0 Å². The van der Waals surface area contributed by atoms with Gasteiger partial charge in [0.2, 0.25) is 0 Å². The van der Waals surface area contributed by atoms with Crippen LogP contribution in [-0.2, 0) is 137 Å². The summed E-state index contributed by atoms with van der Waals surface area (Å²) in [5.74, 6) is 4.99. The minimum atomic E-state index is -0.428. The van der Waals surface area contributed by atoms with E-state index in [1.807, 2.05) is 84.4 Å². The Morgan fingerprint density at radius 3 is 1.11 bits per heavy atom. The fraction of sp³-hybridized carbons (Fsp3) is 0.736. The van der Waals surface area contributed by atoms with Crippen LogP contribution in [0.1, 0.15) is 267 Å². The van der Waals surface area contributed by atoms with E-state index >= 15 is 0 Å². The predicted octanol–water partition coefficient (Wildman–Crippen LogP) is 11.7. The fourth-order valence-corrected chi connectivity index (χ4v) is 26.4. The molecule has 11 heterocycles. The molecule has 660 valence electrons. The second kappa shape index (κ2) is 31.4. The molecule has 4 saturated heterocycles. The molecule has 31 heteroatoms. The van der Waals surface area contributed by atoms with Gasteiger partial charge in [0, 0.05) is 166 Å². The number of aromatic nitrogens is 14. The zero-order valence-electron chi connectivity index (χ0n) is 75.6. The molecule has 2 N–H and O–H groups in total. The maximum Gasteiger partial charge on any atom is 0.297 e. The Morgan fingerprint density at radius 2 is 0.754 bits per heavy atom. The lowest BCUT2D eigenvalue weighted by atomic mass is 9.55. The van der Waals surface area contributed by atoms with Crippen molar-refractivity contribution in [1.82, 2.24) is 74.1 Å². The van der Waals surface area contributed by atoms with Crippen molar-refractivity contribution < 1.29 is 61.3 Å². The number of fused-ring (bicyclic) bond motifs is 15. The van der Waals surface area contributed by atoms with Crippen LogP contribution >= 0.6 is 0 Å². The molecule has 4 aliphatic heterocycles. The van der Waals surface area contributed by atoms with Crippen LogP contribution in [0.15, 0.2) is 14.0 Å². The summed E-state index contributed by atoms with van der Waals surface area (Å²) in [6.07, 6.45) is 18.8. The number of amides is 2. The highest BCUT2D eigenvalue weighted by Crippen LogP contribution is 2.63. The number of aryl methyl sites for hydroxylation is 7. The first-order valence-electron chi connectivity index (χ1n) is 45.0. The molecule has 2 amide bonds. The van der Waals surface area contributed by atoms with E-state index in [1.54, 1.807) is 14.0 Å². The molecule has 0 radical (unpaired) electrons. The largest absolute Gasteiger partial charge is 0.366 e. The first-order chi connectivity index (χ1) is 58.0. The molecule has 0 unspecified atom stereocenters. The molecule has 4 spiro atoms. The smallest absolute Gasteiger partial charge is 0.297 e. The van der Waals surface area contributed by atoms with E-state index in [0.717, 1.165) is 173 Å². The van der Waals surface area contributed by atoms with Gasteiger partial charge in [0.1, 0.15) is 46.2 Å². The molecule has 14 aliphatic rings. The Labute approximate surface area is 715 Å². The van der Waals surface area contributed by atoms with Crippen molar-refractivity contribution in [3.63, 3.8) is 0 Å². The molecule has 5 saturated carbocycles. The first kappa shape index (κ1) is 85.9. The average molecular weight is 1680 g/mol. The maximum atomic E-state index is 12.9. The zero-order valence-corrected chi connectivity index (χ0v) is 75.6. The molecule has 122 heavy (non-hydrogen) atoms. The van der Waals surface area contributed by atoms with Crippen molar-refractivity contribution >= 4 is 23.4 Å². The van der Waals surface area contributed by atoms with Gasteiger partial charge < -0.3 is 57.6 Å². The van der Waals surface area contributed by atoms with Crippen LogP contribution in [0, 0.1) is 84.4 Å². The number of amidine groups is 1. The summed E-state index contributed by atoms with van der Waals surface area (Å²) in [5, 5.41) is 41.4. The van der Waals surface area contributed by atoms with E-state index in [9.17, 15) is 19.6 Å². The van der Waals surface area contributed by atoms with Gasteiger partial charge in [-0.2, -0.15) is 45.7 Å². The van der Waals surface area contributed by atoms with Gasteiger partial charge in [-0.05, 0) is 147 Å². The number of nitriles is 1. The molecule has 7 aromatic rings. The summed E-state index contributed by atoms with van der Waals surface area (Å²) < 4.78 is 68.3.